The molecule has 106 valence electrons. The highest BCUT2D eigenvalue weighted by molar-refractivity contribution is 6.39. The van der Waals surface area contributed by atoms with Crippen LogP contribution in [0, 0.1) is 0 Å². The maximum atomic E-state index is 12.2. The number of carbonyl (C=O) groups excluding carboxylic acids is 2. The summed E-state index contributed by atoms with van der Waals surface area (Å²) in [5.41, 5.74) is 1.53. The molecule has 4 nitrogen and oxygen atoms in total. The molecule has 1 unspecified atom stereocenters. The molecule has 1 aromatic rings. The lowest BCUT2D eigenvalue weighted by atomic mass is 9.91. The normalized spacial score (nSPS) is 16.2. The number of unbranched alkanes of at least 4 members (excludes halogenated alkanes) is 1. The number of Topliss-reactive ketones (excluding diaryl/α,β-unsaturated/α-hetero) is 1. The highest BCUT2D eigenvalue weighted by Gasteiger charge is 2.28. The van der Waals surface area contributed by atoms with E-state index in [1.807, 2.05) is 6.92 Å². The predicted molar refractivity (Wildman–Crippen MR) is 79.9 cm³/mol. The van der Waals surface area contributed by atoms with Gasteiger partial charge in [0.05, 0.1) is 5.92 Å². The van der Waals surface area contributed by atoms with E-state index in [4.69, 9.17) is 11.6 Å². The number of allylic oxidation sites excluding steroid dienone is 1. The van der Waals surface area contributed by atoms with E-state index >= 15 is 0 Å². The number of fused-ring (bicyclic) bond motifs is 1. The van der Waals surface area contributed by atoms with E-state index in [0.29, 0.717) is 11.6 Å². The number of carbonyl (C=O) groups is 2. The minimum atomic E-state index is -0.577. The average molecular weight is 293 g/mol. The molecule has 5 heteroatoms. The van der Waals surface area contributed by atoms with Crippen LogP contribution in [0.15, 0.2) is 30.5 Å². The van der Waals surface area contributed by atoms with Crippen LogP contribution in [0.5, 0.6) is 0 Å². The summed E-state index contributed by atoms with van der Waals surface area (Å²) in [4.78, 5) is 24.1. The van der Waals surface area contributed by atoms with Crippen LogP contribution >= 0.6 is 11.6 Å². The van der Waals surface area contributed by atoms with Gasteiger partial charge in [-0.2, -0.15) is 0 Å². The van der Waals surface area contributed by atoms with Crippen molar-refractivity contribution in [2.24, 2.45) is 0 Å². The molecule has 0 saturated carbocycles. The molecule has 1 atom stereocenters. The minimum Gasteiger partial charge on any atom is -0.362 e. The number of ketones is 1. The predicted octanol–water partition coefficient (Wildman–Crippen LogP) is 2.85. The van der Waals surface area contributed by atoms with Gasteiger partial charge in [0.25, 0.3) is 5.91 Å². The molecule has 0 saturated heterocycles. The lowest BCUT2D eigenvalue weighted by molar-refractivity contribution is -0.138. The summed E-state index contributed by atoms with van der Waals surface area (Å²) in [5, 5.41) is 6.24. The van der Waals surface area contributed by atoms with Gasteiger partial charge in [-0.05, 0) is 36.4 Å². The zero-order chi connectivity index (χ0) is 14.5. The molecule has 1 heterocycles. The second kappa shape index (κ2) is 6.57. The lowest BCUT2D eigenvalue weighted by Crippen LogP contribution is -2.35. The average Bonchev–Trinajstić information content (AvgIpc) is 2.46. The van der Waals surface area contributed by atoms with Gasteiger partial charge in [0.1, 0.15) is 0 Å². The third-order valence-corrected chi connectivity index (χ3v) is 3.43. The van der Waals surface area contributed by atoms with Crippen molar-refractivity contribution in [1.82, 2.24) is 5.32 Å². The third-order valence-electron chi connectivity index (χ3n) is 3.20. The van der Waals surface area contributed by atoms with Gasteiger partial charge in [-0.3, -0.25) is 9.59 Å². The van der Waals surface area contributed by atoms with Crippen molar-refractivity contribution in [3.63, 3.8) is 0 Å². The van der Waals surface area contributed by atoms with Crippen molar-refractivity contribution >= 4 is 29.0 Å². The highest BCUT2D eigenvalue weighted by Crippen LogP contribution is 2.32. The molecule has 0 spiro atoms. The molecule has 1 amide bonds. The summed E-state index contributed by atoms with van der Waals surface area (Å²) in [6, 6.07) is 5.26. The SMILES string of the molecule is CCCCNC(=O)C(=O)C1C=CNc2ccc(Cl)cc21. The van der Waals surface area contributed by atoms with Crippen LogP contribution < -0.4 is 10.6 Å². The Morgan fingerprint density at radius 3 is 2.95 bits per heavy atom. The fourth-order valence-electron chi connectivity index (χ4n) is 2.10. The summed E-state index contributed by atoms with van der Waals surface area (Å²) < 4.78 is 0. The van der Waals surface area contributed by atoms with E-state index < -0.39 is 17.6 Å². The first kappa shape index (κ1) is 14.6. The van der Waals surface area contributed by atoms with E-state index in [9.17, 15) is 9.59 Å². The van der Waals surface area contributed by atoms with E-state index in [1.54, 1.807) is 30.5 Å². The maximum Gasteiger partial charge on any atom is 0.288 e. The van der Waals surface area contributed by atoms with Crippen molar-refractivity contribution in [2.45, 2.75) is 25.7 Å². The number of hydrogen-bond acceptors (Lipinski definition) is 3. The Kier molecular flexibility index (Phi) is 4.79. The number of hydrogen-bond donors (Lipinski definition) is 2. The van der Waals surface area contributed by atoms with Gasteiger partial charge < -0.3 is 10.6 Å². The molecule has 0 bridgehead atoms. The van der Waals surface area contributed by atoms with Gasteiger partial charge in [-0.1, -0.05) is 31.0 Å². The fourth-order valence-corrected chi connectivity index (χ4v) is 2.28. The number of rotatable bonds is 5. The van der Waals surface area contributed by atoms with Crippen molar-refractivity contribution < 1.29 is 9.59 Å². The Labute approximate surface area is 123 Å². The first-order valence-corrected chi connectivity index (χ1v) is 7.06. The van der Waals surface area contributed by atoms with Crippen molar-refractivity contribution in [1.29, 1.82) is 0 Å². The van der Waals surface area contributed by atoms with Crippen LogP contribution in [0.25, 0.3) is 0 Å². The molecule has 0 fully saturated rings. The van der Waals surface area contributed by atoms with Crippen LogP contribution in [-0.2, 0) is 9.59 Å². The van der Waals surface area contributed by atoms with Crippen LogP contribution in [0.4, 0.5) is 5.69 Å². The maximum absolute atomic E-state index is 12.2. The molecule has 2 N–H and O–H groups in total. The number of amides is 1. The first-order valence-electron chi connectivity index (χ1n) is 6.68. The first-order chi connectivity index (χ1) is 9.63. The summed E-state index contributed by atoms with van der Waals surface area (Å²) in [7, 11) is 0. The second-order valence-electron chi connectivity index (χ2n) is 4.69. The molecule has 1 aromatic carbocycles. The minimum absolute atomic E-state index is 0.456. The Morgan fingerprint density at radius 2 is 2.20 bits per heavy atom. The van der Waals surface area contributed by atoms with Gasteiger partial charge in [0.15, 0.2) is 0 Å². The van der Waals surface area contributed by atoms with Gasteiger partial charge >= 0.3 is 0 Å². The summed E-state index contributed by atoms with van der Waals surface area (Å²) in [6.45, 7) is 2.56. The van der Waals surface area contributed by atoms with Gasteiger partial charge in [-0.15, -0.1) is 0 Å². The zero-order valence-corrected chi connectivity index (χ0v) is 12.0. The van der Waals surface area contributed by atoms with Crippen molar-refractivity contribution in [2.75, 3.05) is 11.9 Å². The monoisotopic (exact) mass is 292 g/mol. The molecular weight excluding hydrogens is 276 g/mol. The highest BCUT2D eigenvalue weighted by atomic mass is 35.5. The summed E-state index contributed by atoms with van der Waals surface area (Å²) in [6.07, 6.45) is 5.20. The number of halogens is 1. The van der Waals surface area contributed by atoms with Crippen LogP contribution in [0.1, 0.15) is 31.2 Å². The summed E-state index contributed by atoms with van der Waals surface area (Å²) in [5.74, 6) is -1.57. The molecule has 1 aliphatic rings. The van der Waals surface area contributed by atoms with E-state index in [1.165, 1.54) is 0 Å². The molecule has 20 heavy (non-hydrogen) atoms. The third kappa shape index (κ3) is 3.20. The van der Waals surface area contributed by atoms with E-state index in [0.717, 1.165) is 24.1 Å². The quantitative estimate of drug-likeness (QED) is 0.648. The molecule has 0 aromatic heterocycles. The van der Waals surface area contributed by atoms with E-state index in [2.05, 4.69) is 10.6 Å². The Morgan fingerprint density at radius 1 is 1.40 bits per heavy atom. The number of benzene rings is 1. The molecule has 2 rings (SSSR count). The van der Waals surface area contributed by atoms with Crippen LogP contribution in [0.3, 0.4) is 0 Å². The van der Waals surface area contributed by atoms with Gasteiger partial charge in [0, 0.05) is 17.3 Å². The molecule has 0 radical (unpaired) electrons. The Balaban J connectivity index is 2.14. The molecule has 0 aliphatic carbocycles. The van der Waals surface area contributed by atoms with Crippen LogP contribution in [-0.4, -0.2) is 18.2 Å². The fraction of sp³-hybridized carbons (Fsp3) is 0.333. The van der Waals surface area contributed by atoms with Gasteiger partial charge in [-0.25, -0.2) is 0 Å². The largest absolute Gasteiger partial charge is 0.362 e. The number of nitrogens with one attached hydrogen (secondary N) is 2. The van der Waals surface area contributed by atoms with Gasteiger partial charge in [0.2, 0.25) is 5.78 Å². The Hall–Kier alpha value is -1.81. The lowest BCUT2D eigenvalue weighted by Gasteiger charge is -2.20. The zero-order valence-electron chi connectivity index (χ0n) is 11.3. The van der Waals surface area contributed by atoms with Crippen molar-refractivity contribution in [3.8, 4) is 0 Å². The standard InChI is InChI=1S/C15H17ClN2O2/c1-2-3-7-18-15(20)14(19)11-6-8-17-13-5-4-10(16)9-12(11)13/h4-6,8-9,11,17H,2-3,7H2,1H3,(H,18,20). The van der Waals surface area contributed by atoms with Crippen LogP contribution in [0.2, 0.25) is 5.02 Å². The molecule has 1 aliphatic heterocycles. The molecular formula is C15H17ClN2O2. The van der Waals surface area contributed by atoms with E-state index in [-0.39, 0.29) is 0 Å². The smallest absolute Gasteiger partial charge is 0.288 e. The topological polar surface area (TPSA) is 58.2 Å². The summed E-state index contributed by atoms with van der Waals surface area (Å²) >= 11 is 5.96. The Bertz CT molecular complexity index is 555. The number of anilines is 1. The van der Waals surface area contributed by atoms with Crippen molar-refractivity contribution in [3.05, 3.63) is 41.1 Å². The second-order valence-corrected chi connectivity index (χ2v) is 5.12.